The van der Waals surface area contributed by atoms with Gasteiger partial charge in [0, 0.05) is 11.6 Å². The summed E-state index contributed by atoms with van der Waals surface area (Å²) in [4.78, 5) is 12.2. The van der Waals surface area contributed by atoms with E-state index >= 15 is 0 Å². The predicted octanol–water partition coefficient (Wildman–Crippen LogP) is 5.05. The van der Waals surface area contributed by atoms with Crippen LogP contribution in [-0.4, -0.2) is 26.4 Å². The average Bonchev–Trinajstić information content (AvgIpc) is 3.10. The smallest absolute Gasteiger partial charge is 0.234 e. The van der Waals surface area contributed by atoms with Crippen molar-refractivity contribution in [2.45, 2.75) is 25.2 Å². The molecule has 0 unspecified atom stereocenters. The van der Waals surface area contributed by atoms with Crippen LogP contribution in [0.4, 0.5) is 10.1 Å². The van der Waals surface area contributed by atoms with E-state index in [9.17, 15) is 9.18 Å². The molecule has 29 heavy (non-hydrogen) atoms. The van der Waals surface area contributed by atoms with Crippen LogP contribution in [0.25, 0.3) is 0 Å². The third-order valence-corrected chi connectivity index (χ3v) is 5.36. The summed E-state index contributed by atoms with van der Waals surface area (Å²) in [5.74, 6) is 0.695. The zero-order valence-corrected chi connectivity index (χ0v) is 17.7. The molecule has 10 heteroatoms. The van der Waals surface area contributed by atoms with Gasteiger partial charge in [-0.15, -0.1) is 10.2 Å². The number of anilines is 1. The van der Waals surface area contributed by atoms with E-state index in [0.29, 0.717) is 39.0 Å². The molecule has 1 amide bonds. The fourth-order valence-electron chi connectivity index (χ4n) is 2.44. The fourth-order valence-corrected chi connectivity index (χ4v) is 3.60. The van der Waals surface area contributed by atoms with Gasteiger partial charge in [0.15, 0.2) is 11.0 Å². The van der Waals surface area contributed by atoms with Crippen LogP contribution in [-0.2, 0) is 17.9 Å². The lowest BCUT2D eigenvalue weighted by atomic mass is 10.3. The minimum atomic E-state index is -0.329. The summed E-state index contributed by atoms with van der Waals surface area (Å²) in [6.07, 6.45) is 0. The number of halogens is 3. The monoisotopic (exact) mass is 454 g/mol. The molecule has 2 aromatic carbocycles. The van der Waals surface area contributed by atoms with Gasteiger partial charge in [0.2, 0.25) is 5.91 Å². The second kappa shape index (κ2) is 9.96. The number of aromatic nitrogens is 3. The number of rotatable bonds is 8. The van der Waals surface area contributed by atoms with Gasteiger partial charge in [0.25, 0.3) is 0 Å². The number of carbonyl (C=O) groups is 1. The van der Waals surface area contributed by atoms with Crippen molar-refractivity contribution in [3.63, 3.8) is 0 Å². The largest absolute Gasteiger partial charge is 0.486 e. The normalized spacial score (nSPS) is 10.8. The van der Waals surface area contributed by atoms with E-state index in [-0.39, 0.29) is 24.1 Å². The molecule has 152 valence electrons. The van der Waals surface area contributed by atoms with Gasteiger partial charge in [-0.3, -0.25) is 4.79 Å². The molecule has 0 atom stereocenters. The van der Waals surface area contributed by atoms with Crippen molar-refractivity contribution >= 4 is 46.6 Å². The molecule has 1 aromatic heterocycles. The van der Waals surface area contributed by atoms with Crippen LogP contribution in [0.1, 0.15) is 12.7 Å². The average molecular weight is 455 g/mol. The highest BCUT2D eigenvalue weighted by Crippen LogP contribution is 2.26. The first kappa shape index (κ1) is 21.4. The second-order valence-electron chi connectivity index (χ2n) is 5.85. The number of ether oxygens (including phenoxy) is 1. The van der Waals surface area contributed by atoms with Crippen molar-refractivity contribution < 1.29 is 13.9 Å². The Morgan fingerprint density at radius 3 is 2.69 bits per heavy atom. The Labute approximate surface area is 181 Å². The number of hydrogen-bond donors (Lipinski definition) is 1. The molecular weight excluding hydrogens is 438 g/mol. The van der Waals surface area contributed by atoms with Gasteiger partial charge < -0.3 is 14.6 Å². The van der Waals surface area contributed by atoms with Crippen molar-refractivity contribution in [3.8, 4) is 5.75 Å². The molecule has 1 N–H and O–H groups in total. The summed E-state index contributed by atoms with van der Waals surface area (Å²) in [7, 11) is 0. The van der Waals surface area contributed by atoms with E-state index in [1.165, 1.54) is 23.9 Å². The number of amides is 1. The van der Waals surface area contributed by atoms with E-state index in [4.69, 9.17) is 27.9 Å². The van der Waals surface area contributed by atoms with Gasteiger partial charge in [-0.1, -0.05) is 35.0 Å². The minimum Gasteiger partial charge on any atom is -0.486 e. The Balaban J connectivity index is 1.58. The molecule has 1 heterocycles. The minimum absolute atomic E-state index is 0.125. The Kier molecular flexibility index (Phi) is 7.35. The van der Waals surface area contributed by atoms with Crippen molar-refractivity contribution in [1.82, 2.24) is 14.8 Å². The highest BCUT2D eigenvalue weighted by atomic mass is 35.5. The molecule has 0 bridgehead atoms. The number of nitrogens with one attached hydrogen (secondary N) is 1. The maximum absolute atomic E-state index is 13.0. The van der Waals surface area contributed by atoms with Crippen molar-refractivity contribution in [3.05, 3.63) is 64.2 Å². The summed E-state index contributed by atoms with van der Waals surface area (Å²) in [5.41, 5.74) is 0.454. The fraction of sp³-hybridized carbons (Fsp3) is 0.211. The first-order chi connectivity index (χ1) is 14.0. The maximum Gasteiger partial charge on any atom is 0.234 e. The van der Waals surface area contributed by atoms with E-state index in [1.807, 2.05) is 11.5 Å². The van der Waals surface area contributed by atoms with Crippen molar-refractivity contribution in [1.29, 1.82) is 0 Å². The number of nitrogens with zero attached hydrogens (tertiary/aromatic N) is 3. The molecule has 3 rings (SSSR count). The van der Waals surface area contributed by atoms with Crippen LogP contribution >= 0.6 is 35.0 Å². The molecule has 0 spiro atoms. The SMILES string of the molecule is CCn1c(COc2ccc(F)cc2)nnc1SCC(=O)Nc1cc(Cl)ccc1Cl. The quantitative estimate of drug-likeness (QED) is 0.482. The van der Waals surface area contributed by atoms with Crippen LogP contribution in [0, 0.1) is 5.82 Å². The molecule has 0 aliphatic rings. The van der Waals surface area contributed by atoms with Crippen molar-refractivity contribution in [2.75, 3.05) is 11.1 Å². The summed E-state index contributed by atoms with van der Waals surface area (Å²) in [5, 5.41) is 12.5. The Bertz CT molecular complexity index is 998. The van der Waals surface area contributed by atoms with E-state index in [1.54, 1.807) is 30.3 Å². The van der Waals surface area contributed by atoms with Gasteiger partial charge in [-0.2, -0.15) is 0 Å². The summed E-state index contributed by atoms with van der Waals surface area (Å²) in [6, 6.07) is 10.6. The third kappa shape index (κ3) is 5.85. The van der Waals surface area contributed by atoms with Crippen LogP contribution in [0.2, 0.25) is 10.0 Å². The lowest BCUT2D eigenvalue weighted by Crippen LogP contribution is -2.15. The molecule has 0 saturated carbocycles. The molecular formula is C19H17Cl2FN4O2S. The molecule has 0 aliphatic heterocycles. The number of benzene rings is 2. The van der Waals surface area contributed by atoms with Crippen LogP contribution in [0.5, 0.6) is 5.75 Å². The maximum atomic E-state index is 13.0. The van der Waals surface area contributed by atoms with E-state index < -0.39 is 0 Å². The number of carbonyl (C=O) groups excluding carboxylic acids is 1. The van der Waals surface area contributed by atoms with Crippen molar-refractivity contribution in [2.24, 2.45) is 0 Å². The molecule has 3 aromatic rings. The van der Waals surface area contributed by atoms with Crippen LogP contribution in [0.15, 0.2) is 47.6 Å². The third-order valence-electron chi connectivity index (χ3n) is 3.83. The van der Waals surface area contributed by atoms with Gasteiger partial charge >= 0.3 is 0 Å². The topological polar surface area (TPSA) is 69.0 Å². The highest BCUT2D eigenvalue weighted by molar-refractivity contribution is 7.99. The Hall–Kier alpha value is -2.29. The highest BCUT2D eigenvalue weighted by Gasteiger charge is 2.14. The molecule has 0 fully saturated rings. The lowest BCUT2D eigenvalue weighted by molar-refractivity contribution is -0.113. The van der Waals surface area contributed by atoms with Crippen LogP contribution in [0.3, 0.4) is 0 Å². The Morgan fingerprint density at radius 2 is 1.97 bits per heavy atom. The summed E-state index contributed by atoms with van der Waals surface area (Å²) < 4.78 is 20.5. The zero-order valence-electron chi connectivity index (χ0n) is 15.4. The first-order valence-corrected chi connectivity index (χ1v) is 10.4. The van der Waals surface area contributed by atoms with Gasteiger partial charge in [-0.25, -0.2) is 4.39 Å². The van der Waals surface area contributed by atoms with E-state index in [0.717, 1.165) is 0 Å². The standard InChI is InChI=1S/C19H17Cl2FN4O2S/c1-2-26-17(10-28-14-6-4-13(22)5-7-14)24-25-19(26)29-11-18(27)23-16-9-12(20)3-8-15(16)21/h3-9H,2,10-11H2,1H3,(H,23,27). The number of thioether (sulfide) groups is 1. The molecule has 6 nitrogen and oxygen atoms in total. The lowest BCUT2D eigenvalue weighted by Gasteiger charge is -2.09. The number of hydrogen-bond acceptors (Lipinski definition) is 5. The van der Waals surface area contributed by atoms with E-state index in [2.05, 4.69) is 15.5 Å². The molecule has 0 saturated heterocycles. The van der Waals surface area contributed by atoms with Crippen LogP contribution < -0.4 is 10.1 Å². The molecule has 0 aliphatic carbocycles. The zero-order chi connectivity index (χ0) is 20.8. The Morgan fingerprint density at radius 1 is 1.21 bits per heavy atom. The summed E-state index contributed by atoms with van der Waals surface area (Å²) in [6.45, 7) is 2.73. The van der Waals surface area contributed by atoms with Gasteiger partial charge in [0.05, 0.1) is 16.5 Å². The summed E-state index contributed by atoms with van der Waals surface area (Å²) >= 11 is 13.2. The second-order valence-corrected chi connectivity index (χ2v) is 7.63. The first-order valence-electron chi connectivity index (χ1n) is 8.64. The van der Waals surface area contributed by atoms with Gasteiger partial charge in [-0.05, 0) is 49.4 Å². The predicted molar refractivity (Wildman–Crippen MR) is 112 cm³/mol. The molecule has 0 radical (unpaired) electrons. The van der Waals surface area contributed by atoms with Gasteiger partial charge in [0.1, 0.15) is 18.2 Å².